The summed E-state index contributed by atoms with van der Waals surface area (Å²) in [7, 11) is 0. The Morgan fingerprint density at radius 1 is 0.925 bits per heavy atom. The minimum atomic E-state index is -1.87. The van der Waals surface area contributed by atoms with Crippen LogP contribution in [0.25, 0.3) is 11.1 Å². The average molecular weight is 778 g/mol. The van der Waals surface area contributed by atoms with Gasteiger partial charge >= 0.3 is 5.97 Å². The second-order valence-corrected chi connectivity index (χ2v) is 14.3. The lowest BCUT2D eigenvalue weighted by Crippen LogP contribution is -2.51. The molecule has 0 unspecified atom stereocenters. The van der Waals surface area contributed by atoms with Crippen LogP contribution in [0, 0.1) is 0 Å². The summed E-state index contributed by atoms with van der Waals surface area (Å²) < 4.78 is 17.7. The Labute approximate surface area is 317 Å². The molecule has 13 nitrogen and oxygen atoms in total. The van der Waals surface area contributed by atoms with Crippen molar-refractivity contribution in [2.75, 3.05) is 32.9 Å². The van der Waals surface area contributed by atoms with Gasteiger partial charge in [0, 0.05) is 46.7 Å². The largest absolute Gasteiger partial charge is 0.490 e. The van der Waals surface area contributed by atoms with Gasteiger partial charge in [-0.1, -0.05) is 41.4 Å². The standard InChI is InChI=1S/C38H46Cl2N2O11/c39-29-16-24(20-52-38(11-12-38)28-17-41-13-10-26(28)27-6-1-2-7-33(27)53-25-8-9-25)30(40)15-23(29)5-3-4-14-42(34(46)21-51-22-35(47)48)18-31(44)36(49)37(50)32(45)19-43/h1-2,6-7,10,13,15-17,25,31-32,36-37,43-45,49-50H,3-5,8-9,11-12,14,18-22H2,(H,47,48)/t31-,32+,36+,37+/m1/s1. The van der Waals surface area contributed by atoms with Crippen molar-refractivity contribution >= 4 is 35.1 Å². The number of nitrogens with zero attached hydrogens (tertiary/aromatic N) is 2. The molecule has 53 heavy (non-hydrogen) atoms. The van der Waals surface area contributed by atoms with E-state index in [0.717, 1.165) is 59.3 Å². The van der Waals surface area contributed by atoms with Crippen LogP contribution in [0.15, 0.2) is 54.9 Å². The minimum Gasteiger partial charge on any atom is -0.490 e. The number of aromatic nitrogens is 1. The molecule has 0 spiro atoms. The number of carbonyl (C=O) groups is 2. The zero-order chi connectivity index (χ0) is 38.1. The molecule has 0 bridgehead atoms. The third-order valence-electron chi connectivity index (χ3n) is 9.39. The van der Waals surface area contributed by atoms with Gasteiger partial charge in [0.1, 0.15) is 43.4 Å². The first-order chi connectivity index (χ1) is 25.4. The Hall–Kier alpha value is -3.37. The highest BCUT2D eigenvalue weighted by Crippen LogP contribution is 2.53. The van der Waals surface area contributed by atoms with Gasteiger partial charge in [0.05, 0.1) is 24.9 Å². The molecule has 6 N–H and O–H groups in total. The van der Waals surface area contributed by atoms with E-state index in [-0.39, 0.29) is 19.3 Å². The normalized spacial score (nSPS) is 17.1. The fourth-order valence-corrected chi connectivity index (χ4v) is 6.57. The summed E-state index contributed by atoms with van der Waals surface area (Å²) in [5.74, 6) is -1.07. The maximum Gasteiger partial charge on any atom is 0.329 e. The number of carboxylic acid groups (broad SMARTS) is 1. The Morgan fingerprint density at radius 3 is 2.32 bits per heavy atom. The van der Waals surface area contributed by atoms with Crippen LogP contribution in [0.1, 0.15) is 55.2 Å². The molecule has 2 aliphatic carbocycles. The quantitative estimate of drug-likeness (QED) is 0.0814. The van der Waals surface area contributed by atoms with Crippen LogP contribution < -0.4 is 4.74 Å². The third kappa shape index (κ3) is 11.1. The van der Waals surface area contributed by atoms with Crippen LogP contribution in [0.4, 0.5) is 0 Å². The number of pyridine rings is 1. The number of aliphatic hydroxyl groups is 5. The molecular weight excluding hydrogens is 731 g/mol. The van der Waals surface area contributed by atoms with Gasteiger partial charge in [-0.05, 0) is 85.9 Å². The number of carbonyl (C=O) groups excluding carboxylic acids is 1. The lowest BCUT2D eigenvalue weighted by molar-refractivity contribution is -0.148. The molecule has 2 aliphatic rings. The fraction of sp³-hybridized carbons (Fsp3) is 0.500. The predicted molar refractivity (Wildman–Crippen MR) is 195 cm³/mol. The molecule has 2 saturated carbocycles. The van der Waals surface area contributed by atoms with E-state index < -0.39 is 68.3 Å². The Balaban J connectivity index is 1.18. The molecular formula is C38H46Cl2N2O11. The van der Waals surface area contributed by atoms with Crippen molar-refractivity contribution in [3.8, 4) is 16.9 Å². The molecule has 1 heterocycles. The number of halogens is 2. The summed E-state index contributed by atoms with van der Waals surface area (Å²) in [6.45, 7) is -2.28. The first-order valence-corrected chi connectivity index (χ1v) is 18.4. The van der Waals surface area contributed by atoms with Crippen molar-refractivity contribution in [1.29, 1.82) is 0 Å². The van der Waals surface area contributed by atoms with E-state index >= 15 is 0 Å². The summed E-state index contributed by atoms with van der Waals surface area (Å²) in [5.41, 5.74) is 4.00. The van der Waals surface area contributed by atoms with E-state index in [1.54, 1.807) is 18.3 Å². The van der Waals surface area contributed by atoms with Crippen molar-refractivity contribution in [2.45, 2.75) is 87.7 Å². The summed E-state index contributed by atoms with van der Waals surface area (Å²) in [4.78, 5) is 29.2. The number of aryl methyl sites for hydroxylation is 1. The van der Waals surface area contributed by atoms with Crippen LogP contribution >= 0.6 is 23.2 Å². The van der Waals surface area contributed by atoms with Gasteiger partial charge in [-0.2, -0.15) is 0 Å². The average Bonchev–Trinajstić information content (AvgIpc) is 4.10. The monoisotopic (exact) mass is 776 g/mol. The Kier molecular flexibility index (Phi) is 14.5. The zero-order valence-corrected chi connectivity index (χ0v) is 30.7. The van der Waals surface area contributed by atoms with Gasteiger partial charge in [-0.15, -0.1) is 0 Å². The van der Waals surface area contributed by atoms with Gasteiger partial charge in [-0.25, -0.2) is 4.79 Å². The summed E-state index contributed by atoms with van der Waals surface area (Å²) >= 11 is 13.4. The molecule has 2 fully saturated rings. The Morgan fingerprint density at radius 2 is 1.62 bits per heavy atom. The highest BCUT2D eigenvalue weighted by molar-refractivity contribution is 6.34. The number of hydrogen-bond donors (Lipinski definition) is 6. The zero-order valence-electron chi connectivity index (χ0n) is 29.2. The molecule has 3 aromatic rings. The Bertz CT molecular complexity index is 1700. The van der Waals surface area contributed by atoms with Crippen molar-refractivity contribution in [2.24, 2.45) is 0 Å². The minimum absolute atomic E-state index is 0.0879. The van der Waals surface area contributed by atoms with Crippen molar-refractivity contribution in [3.63, 3.8) is 0 Å². The topological polar surface area (TPSA) is 199 Å². The number of rotatable bonds is 22. The van der Waals surface area contributed by atoms with Gasteiger partial charge in [-0.3, -0.25) is 9.78 Å². The third-order valence-corrected chi connectivity index (χ3v) is 10.1. The maximum atomic E-state index is 12.8. The van der Waals surface area contributed by atoms with Crippen molar-refractivity contribution in [3.05, 3.63) is 81.6 Å². The van der Waals surface area contributed by atoms with Gasteiger partial charge in [0.15, 0.2) is 0 Å². The fourth-order valence-electron chi connectivity index (χ4n) is 6.05. The van der Waals surface area contributed by atoms with E-state index in [0.29, 0.717) is 29.3 Å². The number of amides is 1. The molecule has 4 atom stereocenters. The number of aliphatic hydroxyl groups excluding tert-OH is 5. The van der Waals surface area contributed by atoms with Crippen LogP contribution in [0.2, 0.25) is 10.0 Å². The highest BCUT2D eigenvalue weighted by Gasteiger charge is 2.48. The summed E-state index contributed by atoms with van der Waals surface area (Å²) in [6, 6.07) is 13.6. The number of ether oxygens (including phenoxy) is 3. The van der Waals surface area contributed by atoms with E-state index in [1.807, 2.05) is 30.5 Å². The number of benzene rings is 2. The number of unbranched alkanes of at least 4 members (excludes halogenated alkanes) is 1. The molecule has 2 aromatic carbocycles. The molecule has 1 aromatic heterocycles. The number of para-hydroxylation sites is 1. The van der Waals surface area contributed by atoms with Crippen LogP contribution in [-0.4, -0.2) is 116 Å². The number of carboxylic acids is 1. The van der Waals surface area contributed by atoms with E-state index in [2.05, 4.69) is 11.1 Å². The highest BCUT2D eigenvalue weighted by atomic mass is 35.5. The molecule has 15 heteroatoms. The summed E-state index contributed by atoms with van der Waals surface area (Å²) in [5, 5.41) is 59.2. The van der Waals surface area contributed by atoms with Crippen LogP contribution in [0.5, 0.6) is 5.75 Å². The van der Waals surface area contributed by atoms with Crippen molar-refractivity contribution < 1.29 is 54.4 Å². The second kappa shape index (κ2) is 18.8. The smallest absolute Gasteiger partial charge is 0.329 e. The van der Waals surface area contributed by atoms with Crippen LogP contribution in [-0.2, 0) is 37.7 Å². The van der Waals surface area contributed by atoms with E-state index in [9.17, 15) is 30.0 Å². The van der Waals surface area contributed by atoms with Gasteiger partial charge < -0.3 is 49.7 Å². The van der Waals surface area contributed by atoms with E-state index in [1.165, 1.54) is 4.90 Å². The second-order valence-electron chi connectivity index (χ2n) is 13.5. The molecule has 0 saturated heterocycles. The molecule has 1 amide bonds. The lowest BCUT2D eigenvalue weighted by atomic mass is 9.96. The van der Waals surface area contributed by atoms with Crippen molar-refractivity contribution in [1.82, 2.24) is 9.88 Å². The van der Waals surface area contributed by atoms with Crippen LogP contribution in [0.3, 0.4) is 0 Å². The molecule has 288 valence electrons. The molecule has 0 aliphatic heterocycles. The molecule has 0 radical (unpaired) electrons. The number of hydrogen-bond acceptors (Lipinski definition) is 11. The van der Waals surface area contributed by atoms with Gasteiger partial charge in [0.2, 0.25) is 5.91 Å². The maximum absolute atomic E-state index is 12.8. The first kappa shape index (κ1) is 40.8. The lowest BCUT2D eigenvalue weighted by Gasteiger charge is -2.30. The summed E-state index contributed by atoms with van der Waals surface area (Å²) in [6.07, 6.45) is 1.97. The SMILES string of the molecule is O=C(O)COCC(=O)N(CCCCc1cc(Cl)c(COC2(c3cnccc3-c3ccccc3OC3CC3)CC2)cc1Cl)C[C@@H](O)[C@H](O)[C@@H](O)[C@@H](O)CO. The van der Waals surface area contributed by atoms with E-state index in [4.69, 9.17) is 47.6 Å². The number of aliphatic carboxylic acids is 1. The first-order valence-electron chi connectivity index (χ1n) is 17.6. The predicted octanol–water partition coefficient (Wildman–Crippen LogP) is 3.49. The van der Waals surface area contributed by atoms with Gasteiger partial charge in [0.25, 0.3) is 0 Å². The molecule has 5 rings (SSSR count).